The Morgan fingerprint density at radius 1 is 1.00 bits per heavy atom. The molecule has 35 heavy (non-hydrogen) atoms. The van der Waals surface area contributed by atoms with Gasteiger partial charge in [0.1, 0.15) is 11.6 Å². The average Bonchev–Trinajstić information content (AvgIpc) is 3.07. The molecule has 3 aromatic rings. The van der Waals surface area contributed by atoms with Crippen LogP contribution >= 0.6 is 10.8 Å². The van der Waals surface area contributed by atoms with Crippen molar-refractivity contribution in [2.75, 3.05) is 16.6 Å². The lowest BCUT2D eigenvalue weighted by Crippen LogP contribution is -2.55. The number of rotatable bonds is 4. The second-order valence-electron chi connectivity index (χ2n) is 10.0. The molecule has 0 bridgehead atoms. The first-order valence-electron chi connectivity index (χ1n) is 12.1. The average molecular weight is 497 g/mol. The van der Waals surface area contributed by atoms with Gasteiger partial charge in [-0.3, -0.25) is 18.3 Å². The number of phenolic OH excluding ortho intramolecular Hbond substituents is 1. The molecule has 0 aliphatic carbocycles. The Labute approximate surface area is 208 Å². The van der Waals surface area contributed by atoms with Crippen LogP contribution in [0.4, 0.5) is 10.1 Å². The van der Waals surface area contributed by atoms with E-state index in [9.17, 15) is 18.6 Å². The topological polar surface area (TPSA) is 67.2 Å². The molecule has 2 atom stereocenters. The molecule has 0 saturated carbocycles. The molecule has 2 aliphatic heterocycles. The van der Waals surface area contributed by atoms with Crippen LogP contribution in [0.3, 0.4) is 0 Å². The van der Waals surface area contributed by atoms with Gasteiger partial charge < -0.3 is 5.11 Å². The van der Waals surface area contributed by atoms with Gasteiger partial charge in [0.15, 0.2) is 0 Å². The highest BCUT2D eigenvalue weighted by Gasteiger charge is 2.52. The van der Waals surface area contributed by atoms with E-state index < -0.39 is 16.3 Å². The van der Waals surface area contributed by atoms with Gasteiger partial charge in [-0.05, 0) is 80.1 Å². The van der Waals surface area contributed by atoms with Crippen molar-refractivity contribution in [2.45, 2.75) is 51.2 Å². The summed E-state index contributed by atoms with van der Waals surface area (Å²) in [5.74, 6) is 0.214. The second-order valence-corrected chi connectivity index (χ2v) is 12.1. The highest BCUT2D eigenvalue weighted by molar-refractivity contribution is 8.25. The largest absolute Gasteiger partial charge is 0.507 e. The Hall–Kier alpha value is -2.58. The monoisotopic (exact) mass is 496 g/mol. The number of halogens is 1. The molecule has 2 aliphatic rings. The predicted molar refractivity (Wildman–Crippen MR) is 141 cm³/mol. The molecule has 0 radical (unpaired) electrons. The summed E-state index contributed by atoms with van der Waals surface area (Å²) in [5.41, 5.74) is 4.25. The quantitative estimate of drug-likeness (QED) is 0.370. The maximum atomic E-state index is 14.0. The third kappa shape index (κ3) is 4.54. The van der Waals surface area contributed by atoms with Crippen LogP contribution in [0.5, 0.6) is 5.75 Å². The summed E-state index contributed by atoms with van der Waals surface area (Å²) in [6.45, 7) is 5.76. The Balaban J connectivity index is 1.37. The molecule has 3 aromatic carbocycles. The summed E-state index contributed by atoms with van der Waals surface area (Å²) in [5, 5.41) is 10.5. The summed E-state index contributed by atoms with van der Waals surface area (Å²) in [4.78, 5) is 2.41. The van der Waals surface area contributed by atoms with Crippen molar-refractivity contribution in [3.8, 4) is 16.9 Å². The smallest absolute Gasteiger partial charge is 0.125 e. The minimum atomic E-state index is -2.99. The fourth-order valence-electron chi connectivity index (χ4n) is 5.88. The van der Waals surface area contributed by atoms with Gasteiger partial charge in [0.2, 0.25) is 0 Å². The van der Waals surface area contributed by atoms with E-state index in [1.165, 1.54) is 12.1 Å². The number of likely N-dealkylation sites (tertiary alicyclic amines) is 1. The lowest BCUT2D eigenvalue weighted by Gasteiger charge is -2.52. The fraction of sp³-hybridized carbons (Fsp3) is 0.357. The molecule has 5 rings (SSSR count). The standard InChI is InChI=1S/C28H33FN2O3S/c1-20-6-3-4-9-25(20)26-16-22(10-11-27(26)32)19-30-14-12-28(18-21(30)2)13-15-35(33,34)31(28)24-8-5-7-23(29)17-24/h3-11,16-17,21,32-34H,12-15,18-19H2,1-2H3/t21-,28-/m0/s1. The van der Waals surface area contributed by atoms with Gasteiger partial charge >= 0.3 is 0 Å². The number of nitrogens with zero attached hydrogens (tertiary/aromatic N) is 2. The maximum absolute atomic E-state index is 14.0. The molecule has 2 saturated heterocycles. The van der Waals surface area contributed by atoms with Crippen LogP contribution in [0.15, 0.2) is 66.7 Å². The first-order chi connectivity index (χ1) is 16.7. The highest BCUT2D eigenvalue weighted by atomic mass is 32.3. The SMILES string of the molecule is Cc1ccccc1-c1cc(CN2CC[C@]3(CCS(O)(O)N3c3cccc(F)c3)C[C@@H]2C)ccc1O. The summed E-state index contributed by atoms with van der Waals surface area (Å²) in [6, 6.07) is 20.2. The van der Waals surface area contributed by atoms with Crippen molar-refractivity contribution in [3.05, 3.63) is 83.7 Å². The van der Waals surface area contributed by atoms with Crippen molar-refractivity contribution in [1.29, 1.82) is 0 Å². The summed E-state index contributed by atoms with van der Waals surface area (Å²) in [6.07, 6.45) is 2.22. The van der Waals surface area contributed by atoms with Gasteiger partial charge in [-0.25, -0.2) is 4.39 Å². The number of aryl methyl sites for hydroxylation is 1. The second kappa shape index (κ2) is 9.13. The summed E-state index contributed by atoms with van der Waals surface area (Å²) in [7, 11) is -2.99. The Bertz CT molecular complexity index is 1240. The number of hydrogen-bond acceptors (Lipinski definition) is 5. The van der Waals surface area contributed by atoms with Crippen LogP contribution in [-0.4, -0.2) is 43.0 Å². The van der Waals surface area contributed by atoms with Crippen molar-refractivity contribution in [3.63, 3.8) is 0 Å². The van der Waals surface area contributed by atoms with Gasteiger partial charge in [-0.2, -0.15) is 0 Å². The summed E-state index contributed by atoms with van der Waals surface area (Å²) < 4.78 is 37.5. The molecule has 186 valence electrons. The molecular formula is C28H33FN2O3S. The zero-order chi connectivity index (χ0) is 24.8. The molecule has 0 amide bonds. The first-order valence-corrected chi connectivity index (χ1v) is 13.8. The number of hydrogen-bond donors (Lipinski definition) is 3. The lowest BCUT2D eigenvalue weighted by molar-refractivity contribution is 0.102. The molecule has 2 fully saturated rings. The van der Waals surface area contributed by atoms with E-state index in [0.717, 1.165) is 48.2 Å². The first kappa shape index (κ1) is 24.1. The van der Waals surface area contributed by atoms with E-state index in [4.69, 9.17) is 0 Å². The van der Waals surface area contributed by atoms with Crippen LogP contribution in [0.1, 0.15) is 37.3 Å². The molecule has 5 nitrogen and oxygen atoms in total. The van der Waals surface area contributed by atoms with Crippen molar-refractivity contribution in [2.24, 2.45) is 0 Å². The normalized spacial score (nSPS) is 25.2. The number of aromatic hydroxyl groups is 1. The van der Waals surface area contributed by atoms with Crippen LogP contribution < -0.4 is 4.31 Å². The van der Waals surface area contributed by atoms with E-state index in [1.807, 2.05) is 37.3 Å². The Kier molecular flexibility index (Phi) is 6.30. The van der Waals surface area contributed by atoms with Crippen molar-refractivity contribution >= 4 is 16.5 Å². The maximum Gasteiger partial charge on any atom is 0.125 e. The number of benzene rings is 3. The fourth-order valence-corrected chi connectivity index (χ4v) is 8.05. The third-order valence-electron chi connectivity index (χ3n) is 7.65. The molecule has 1 spiro atoms. The zero-order valence-electron chi connectivity index (χ0n) is 20.2. The summed E-state index contributed by atoms with van der Waals surface area (Å²) >= 11 is 0. The van der Waals surface area contributed by atoms with Crippen LogP contribution in [0.25, 0.3) is 11.1 Å². The van der Waals surface area contributed by atoms with Crippen LogP contribution in [-0.2, 0) is 6.54 Å². The van der Waals surface area contributed by atoms with Gasteiger partial charge in [0, 0.05) is 24.7 Å². The molecule has 3 N–H and O–H groups in total. The van der Waals surface area contributed by atoms with Crippen molar-refractivity contribution < 1.29 is 18.6 Å². The molecule has 0 aromatic heterocycles. The van der Waals surface area contributed by atoms with Crippen LogP contribution in [0.2, 0.25) is 0 Å². The van der Waals surface area contributed by atoms with Gasteiger partial charge in [-0.15, -0.1) is 10.8 Å². The molecule has 7 heteroatoms. The third-order valence-corrected chi connectivity index (χ3v) is 9.59. The van der Waals surface area contributed by atoms with Gasteiger partial charge in [0.25, 0.3) is 0 Å². The van der Waals surface area contributed by atoms with Gasteiger partial charge in [0.05, 0.1) is 17.0 Å². The van der Waals surface area contributed by atoms with Crippen LogP contribution in [0, 0.1) is 12.7 Å². The molecule has 0 unspecified atom stereocenters. The van der Waals surface area contributed by atoms with Crippen molar-refractivity contribution in [1.82, 2.24) is 4.90 Å². The van der Waals surface area contributed by atoms with E-state index >= 15 is 0 Å². The van der Waals surface area contributed by atoms with E-state index in [0.29, 0.717) is 17.9 Å². The number of anilines is 1. The number of piperidine rings is 1. The zero-order valence-corrected chi connectivity index (χ0v) is 21.0. The Morgan fingerprint density at radius 3 is 2.54 bits per heavy atom. The predicted octanol–water partition coefficient (Wildman–Crippen LogP) is 6.81. The minimum absolute atomic E-state index is 0.198. The van der Waals surface area contributed by atoms with E-state index in [1.54, 1.807) is 22.5 Å². The molecular weight excluding hydrogens is 463 g/mol. The minimum Gasteiger partial charge on any atom is -0.507 e. The van der Waals surface area contributed by atoms with Gasteiger partial charge in [-0.1, -0.05) is 36.4 Å². The Morgan fingerprint density at radius 2 is 1.80 bits per heavy atom. The highest BCUT2D eigenvalue weighted by Crippen LogP contribution is 2.61. The molecule has 2 heterocycles. The number of phenols is 1. The lowest BCUT2D eigenvalue weighted by atomic mass is 9.81. The van der Waals surface area contributed by atoms with E-state index in [-0.39, 0.29) is 17.6 Å². The van der Waals surface area contributed by atoms with E-state index in [2.05, 4.69) is 17.9 Å².